The summed E-state index contributed by atoms with van der Waals surface area (Å²) >= 11 is 11.6. The average molecular weight is 216 g/mol. The molecule has 0 spiro atoms. The summed E-state index contributed by atoms with van der Waals surface area (Å²) in [6.45, 7) is 0. The number of aromatic nitrogens is 1. The van der Waals surface area contributed by atoms with Crippen LogP contribution >= 0.6 is 23.2 Å². The minimum Gasteiger partial charge on any atom is -0.323 e. The maximum atomic E-state index is 8.45. The van der Waals surface area contributed by atoms with Crippen molar-refractivity contribution >= 4 is 23.2 Å². The molecule has 13 heavy (non-hydrogen) atoms. The highest BCUT2D eigenvalue weighted by Crippen LogP contribution is 2.29. The van der Waals surface area contributed by atoms with Crippen molar-refractivity contribution in [2.75, 3.05) is 0 Å². The summed E-state index contributed by atoms with van der Waals surface area (Å²) in [5.74, 6) is 0. The van der Waals surface area contributed by atoms with Gasteiger partial charge in [0.25, 0.3) is 0 Å². The fourth-order valence-corrected chi connectivity index (χ4v) is 1.62. The van der Waals surface area contributed by atoms with Crippen LogP contribution in [-0.4, -0.2) is 4.98 Å². The Morgan fingerprint density at radius 2 is 2.00 bits per heavy atom. The number of nitrogens with zero attached hydrogens (tertiary/aromatic N) is 2. The van der Waals surface area contributed by atoms with E-state index in [2.05, 4.69) is 4.98 Å². The van der Waals surface area contributed by atoms with Crippen molar-refractivity contribution < 1.29 is 0 Å². The van der Waals surface area contributed by atoms with Crippen molar-refractivity contribution in [3.63, 3.8) is 0 Å². The zero-order valence-electron chi connectivity index (χ0n) is 6.67. The predicted octanol–water partition coefficient (Wildman–Crippen LogP) is 2.30. The highest BCUT2D eigenvalue weighted by atomic mass is 35.5. The Morgan fingerprint density at radius 3 is 2.46 bits per heavy atom. The van der Waals surface area contributed by atoms with Gasteiger partial charge in [-0.3, -0.25) is 4.98 Å². The van der Waals surface area contributed by atoms with E-state index in [0.29, 0.717) is 15.6 Å². The van der Waals surface area contributed by atoms with Crippen molar-refractivity contribution in [1.82, 2.24) is 4.98 Å². The second-order valence-corrected chi connectivity index (χ2v) is 3.30. The van der Waals surface area contributed by atoms with E-state index in [0.717, 1.165) is 0 Å². The van der Waals surface area contributed by atoms with E-state index in [4.69, 9.17) is 34.2 Å². The Labute approximate surface area is 86.1 Å². The summed E-state index contributed by atoms with van der Waals surface area (Å²) in [7, 11) is 0. The molecule has 1 heterocycles. The molecule has 0 aliphatic rings. The third-order valence-electron chi connectivity index (χ3n) is 1.57. The summed E-state index contributed by atoms with van der Waals surface area (Å²) in [6, 6.07) is 1.51. The van der Waals surface area contributed by atoms with Crippen LogP contribution in [-0.2, 0) is 0 Å². The average Bonchev–Trinajstić information content (AvgIpc) is 2.04. The Bertz CT molecular complexity index is 325. The first-order chi connectivity index (χ1) is 6.16. The molecule has 0 aromatic carbocycles. The van der Waals surface area contributed by atoms with Gasteiger partial charge < -0.3 is 5.73 Å². The molecule has 0 aliphatic heterocycles. The van der Waals surface area contributed by atoms with Gasteiger partial charge >= 0.3 is 0 Å². The van der Waals surface area contributed by atoms with Crippen LogP contribution in [0.25, 0.3) is 0 Å². The SMILES string of the molecule is N#CC[C@H](N)c1c(Cl)cncc1Cl. The van der Waals surface area contributed by atoms with Crippen LogP contribution < -0.4 is 5.73 Å². The van der Waals surface area contributed by atoms with Gasteiger partial charge in [0, 0.05) is 24.0 Å². The van der Waals surface area contributed by atoms with Crippen molar-refractivity contribution in [2.45, 2.75) is 12.5 Å². The van der Waals surface area contributed by atoms with E-state index in [9.17, 15) is 0 Å². The molecule has 1 rings (SSSR count). The topological polar surface area (TPSA) is 62.7 Å². The Balaban J connectivity index is 3.06. The molecule has 0 saturated carbocycles. The first-order valence-electron chi connectivity index (χ1n) is 3.58. The number of hydrogen-bond donors (Lipinski definition) is 1. The van der Waals surface area contributed by atoms with E-state index in [-0.39, 0.29) is 6.42 Å². The first-order valence-corrected chi connectivity index (χ1v) is 4.34. The molecule has 0 saturated heterocycles. The van der Waals surface area contributed by atoms with Gasteiger partial charge in [-0.25, -0.2) is 0 Å². The zero-order valence-corrected chi connectivity index (χ0v) is 8.18. The lowest BCUT2D eigenvalue weighted by Gasteiger charge is -2.10. The van der Waals surface area contributed by atoms with Crippen LogP contribution in [0.5, 0.6) is 0 Å². The molecule has 2 N–H and O–H groups in total. The van der Waals surface area contributed by atoms with Crippen molar-refractivity contribution in [3.05, 3.63) is 28.0 Å². The Morgan fingerprint density at radius 1 is 1.46 bits per heavy atom. The molecule has 1 aromatic heterocycles. The number of nitrogens with two attached hydrogens (primary N) is 1. The second-order valence-electron chi connectivity index (χ2n) is 2.49. The summed E-state index contributed by atoms with van der Waals surface area (Å²) < 4.78 is 0. The lowest BCUT2D eigenvalue weighted by molar-refractivity contribution is 0.747. The number of nitriles is 1. The molecule has 0 bridgehead atoms. The number of halogens is 2. The Hall–Kier alpha value is -0.820. The normalized spacial score (nSPS) is 12.2. The van der Waals surface area contributed by atoms with Gasteiger partial charge in [0.15, 0.2) is 0 Å². The largest absolute Gasteiger partial charge is 0.323 e. The monoisotopic (exact) mass is 215 g/mol. The fraction of sp³-hybridized carbons (Fsp3) is 0.250. The number of hydrogen-bond acceptors (Lipinski definition) is 3. The fourth-order valence-electron chi connectivity index (χ4n) is 0.976. The smallest absolute Gasteiger partial charge is 0.0652 e. The molecular weight excluding hydrogens is 209 g/mol. The van der Waals surface area contributed by atoms with Crippen LogP contribution in [0, 0.1) is 11.3 Å². The summed E-state index contributed by atoms with van der Waals surface area (Å²) in [6.07, 6.45) is 3.10. The summed E-state index contributed by atoms with van der Waals surface area (Å²) in [5, 5.41) is 9.24. The molecule has 1 aromatic rings. The van der Waals surface area contributed by atoms with Crippen LogP contribution in [0.3, 0.4) is 0 Å². The molecule has 5 heteroatoms. The van der Waals surface area contributed by atoms with Crippen molar-refractivity contribution in [2.24, 2.45) is 5.73 Å². The van der Waals surface area contributed by atoms with E-state index in [1.165, 1.54) is 12.4 Å². The van der Waals surface area contributed by atoms with Gasteiger partial charge in [0.2, 0.25) is 0 Å². The van der Waals surface area contributed by atoms with Gasteiger partial charge in [-0.15, -0.1) is 0 Å². The van der Waals surface area contributed by atoms with Gasteiger partial charge in [0.05, 0.1) is 22.5 Å². The molecule has 0 fully saturated rings. The molecule has 0 unspecified atom stereocenters. The van der Waals surface area contributed by atoms with E-state index in [1.807, 2.05) is 6.07 Å². The molecule has 0 amide bonds. The lowest BCUT2D eigenvalue weighted by Crippen LogP contribution is -2.10. The van der Waals surface area contributed by atoms with Gasteiger partial charge in [-0.2, -0.15) is 5.26 Å². The van der Waals surface area contributed by atoms with Crippen LogP contribution in [0.2, 0.25) is 10.0 Å². The predicted molar refractivity (Wildman–Crippen MR) is 51.4 cm³/mol. The first kappa shape index (κ1) is 10.3. The van der Waals surface area contributed by atoms with Crippen molar-refractivity contribution in [1.29, 1.82) is 5.26 Å². The maximum absolute atomic E-state index is 8.45. The maximum Gasteiger partial charge on any atom is 0.0652 e. The third-order valence-corrected chi connectivity index (χ3v) is 2.17. The summed E-state index contributed by atoms with van der Waals surface area (Å²) in [4.78, 5) is 3.78. The molecule has 0 aliphatic carbocycles. The molecule has 0 radical (unpaired) electrons. The van der Waals surface area contributed by atoms with Crippen LogP contribution in [0.15, 0.2) is 12.4 Å². The highest BCUT2D eigenvalue weighted by molar-refractivity contribution is 6.35. The van der Waals surface area contributed by atoms with E-state index < -0.39 is 6.04 Å². The van der Waals surface area contributed by atoms with E-state index >= 15 is 0 Å². The minimum atomic E-state index is -0.451. The number of pyridine rings is 1. The highest BCUT2D eigenvalue weighted by Gasteiger charge is 2.13. The second kappa shape index (κ2) is 4.43. The zero-order chi connectivity index (χ0) is 9.84. The standard InChI is InChI=1S/C8H7Cl2N3/c9-5-3-13-4-6(10)8(5)7(12)1-2-11/h3-4,7H,1,12H2/t7-/m0/s1. The number of rotatable bonds is 2. The molecule has 3 nitrogen and oxygen atoms in total. The lowest BCUT2D eigenvalue weighted by atomic mass is 10.1. The van der Waals surface area contributed by atoms with E-state index in [1.54, 1.807) is 0 Å². The van der Waals surface area contributed by atoms with Crippen LogP contribution in [0.1, 0.15) is 18.0 Å². The quantitative estimate of drug-likeness (QED) is 0.824. The molecular formula is C8H7Cl2N3. The molecule has 1 atom stereocenters. The van der Waals surface area contributed by atoms with Gasteiger partial charge in [-0.1, -0.05) is 23.2 Å². The van der Waals surface area contributed by atoms with Crippen molar-refractivity contribution in [3.8, 4) is 6.07 Å². The van der Waals surface area contributed by atoms with Gasteiger partial charge in [0.1, 0.15) is 0 Å². The minimum absolute atomic E-state index is 0.184. The van der Waals surface area contributed by atoms with Crippen LogP contribution in [0.4, 0.5) is 0 Å². The Kier molecular flexibility index (Phi) is 3.49. The van der Waals surface area contributed by atoms with Gasteiger partial charge in [-0.05, 0) is 0 Å². The summed E-state index contributed by atoms with van der Waals surface area (Å²) in [5.41, 5.74) is 6.27. The molecule has 68 valence electrons. The third kappa shape index (κ3) is 2.31.